The van der Waals surface area contributed by atoms with Crippen LogP contribution >= 0.6 is 11.8 Å². The zero-order chi connectivity index (χ0) is 21.4. The van der Waals surface area contributed by atoms with Crippen molar-refractivity contribution in [3.8, 4) is 11.4 Å². The van der Waals surface area contributed by atoms with Gasteiger partial charge in [0.2, 0.25) is 0 Å². The van der Waals surface area contributed by atoms with Crippen molar-refractivity contribution in [2.75, 3.05) is 0 Å². The molecule has 5 nitrogen and oxygen atoms in total. The molecule has 152 valence electrons. The lowest BCUT2D eigenvalue weighted by atomic mass is 10.0. The van der Waals surface area contributed by atoms with Crippen LogP contribution in [0.1, 0.15) is 11.3 Å². The van der Waals surface area contributed by atoms with E-state index in [-0.39, 0.29) is 23.4 Å². The van der Waals surface area contributed by atoms with E-state index in [0.717, 1.165) is 39.5 Å². The van der Waals surface area contributed by atoms with Crippen molar-refractivity contribution in [3.63, 3.8) is 0 Å². The van der Waals surface area contributed by atoms with Gasteiger partial charge in [0, 0.05) is 17.6 Å². The van der Waals surface area contributed by atoms with Crippen molar-refractivity contribution in [2.24, 2.45) is 0 Å². The normalized spacial score (nSPS) is 15.4. The number of carbonyl (C=O) groups is 2. The Hall–Kier alpha value is -3.77. The third-order valence-corrected chi connectivity index (χ3v) is 6.18. The van der Waals surface area contributed by atoms with E-state index in [9.17, 15) is 14.7 Å². The molecule has 4 aromatic rings. The van der Waals surface area contributed by atoms with E-state index in [4.69, 9.17) is 0 Å². The summed E-state index contributed by atoms with van der Waals surface area (Å²) in [7, 11) is 0. The van der Waals surface area contributed by atoms with Crippen LogP contribution in [0.5, 0.6) is 5.75 Å². The highest BCUT2D eigenvalue weighted by molar-refractivity contribution is 8.18. The van der Waals surface area contributed by atoms with Crippen molar-refractivity contribution in [1.29, 1.82) is 0 Å². The van der Waals surface area contributed by atoms with Crippen molar-refractivity contribution in [2.45, 2.75) is 6.54 Å². The van der Waals surface area contributed by atoms with Crippen molar-refractivity contribution in [3.05, 3.63) is 101 Å². The summed E-state index contributed by atoms with van der Waals surface area (Å²) in [6.45, 7) is 0.238. The van der Waals surface area contributed by atoms with Gasteiger partial charge in [0.25, 0.3) is 11.1 Å². The molecule has 31 heavy (non-hydrogen) atoms. The minimum atomic E-state index is -0.290. The van der Waals surface area contributed by atoms with Crippen molar-refractivity contribution in [1.82, 2.24) is 9.47 Å². The van der Waals surface area contributed by atoms with Gasteiger partial charge in [-0.15, -0.1) is 0 Å². The SMILES string of the molecule is O=C1S/C(=C/c2cccn2-c2ccc(O)cc2)C(=O)N1Cc1cccc2ccccc12. The number of hydrogen-bond acceptors (Lipinski definition) is 4. The molecule has 0 spiro atoms. The summed E-state index contributed by atoms with van der Waals surface area (Å²) >= 11 is 0.956. The van der Waals surface area contributed by atoms with Gasteiger partial charge in [-0.3, -0.25) is 14.5 Å². The van der Waals surface area contributed by atoms with E-state index in [0.29, 0.717) is 4.91 Å². The fourth-order valence-electron chi connectivity index (χ4n) is 3.73. The number of benzene rings is 3. The Morgan fingerprint density at radius 3 is 2.48 bits per heavy atom. The number of rotatable bonds is 4. The van der Waals surface area contributed by atoms with Crippen LogP contribution in [0.4, 0.5) is 4.79 Å². The Labute approximate surface area is 183 Å². The third-order valence-electron chi connectivity index (χ3n) is 5.27. The first kappa shape index (κ1) is 19.2. The fourth-order valence-corrected chi connectivity index (χ4v) is 4.55. The number of aromatic hydroxyl groups is 1. The van der Waals surface area contributed by atoms with Crippen LogP contribution in [-0.4, -0.2) is 25.7 Å². The molecule has 1 fully saturated rings. The summed E-state index contributed by atoms with van der Waals surface area (Å²) in [5, 5.41) is 11.4. The zero-order valence-electron chi connectivity index (χ0n) is 16.4. The topological polar surface area (TPSA) is 62.5 Å². The molecule has 0 bridgehead atoms. The van der Waals surface area contributed by atoms with Gasteiger partial charge in [-0.2, -0.15) is 0 Å². The minimum Gasteiger partial charge on any atom is -0.508 e. The van der Waals surface area contributed by atoms with Crippen LogP contribution in [0.2, 0.25) is 0 Å². The van der Waals surface area contributed by atoms with Crippen LogP contribution in [0.3, 0.4) is 0 Å². The first-order chi connectivity index (χ1) is 15.1. The third kappa shape index (κ3) is 3.62. The summed E-state index contributed by atoms with van der Waals surface area (Å²) in [5.41, 5.74) is 2.57. The fraction of sp³-hybridized carbons (Fsp3) is 0.0400. The highest BCUT2D eigenvalue weighted by Gasteiger charge is 2.35. The second-order valence-electron chi connectivity index (χ2n) is 7.23. The van der Waals surface area contributed by atoms with Gasteiger partial charge in [-0.1, -0.05) is 42.5 Å². The standard InChI is InChI=1S/C25H18N2O3S/c28-21-12-10-19(11-13-21)26-14-4-8-20(26)15-23-24(29)27(25(30)31-23)16-18-7-3-6-17-5-1-2-9-22(17)18/h1-15,28H,16H2/b23-15+. The highest BCUT2D eigenvalue weighted by atomic mass is 32.2. The first-order valence-corrected chi connectivity index (χ1v) is 10.6. The molecule has 6 heteroatoms. The summed E-state index contributed by atoms with van der Waals surface area (Å²) in [5.74, 6) is -0.103. The number of nitrogens with zero attached hydrogens (tertiary/aromatic N) is 2. The van der Waals surface area contributed by atoms with E-state index in [2.05, 4.69) is 0 Å². The number of thioether (sulfide) groups is 1. The minimum absolute atomic E-state index is 0.187. The van der Waals surface area contributed by atoms with E-state index >= 15 is 0 Å². The maximum Gasteiger partial charge on any atom is 0.293 e. The van der Waals surface area contributed by atoms with E-state index in [1.807, 2.05) is 65.4 Å². The quantitative estimate of drug-likeness (QED) is 0.433. The second kappa shape index (κ2) is 7.81. The number of carbonyl (C=O) groups excluding carboxylic acids is 2. The van der Waals surface area contributed by atoms with Crippen LogP contribution in [0.15, 0.2) is 90.0 Å². The Bertz CT molecular complexity index is 1330. The van der Waals surface area contributed by atoms with Gasteiger partial charge in [-0.25, -0.2) is 0 Å². The molecule has 5 rings (SSSR count). The van der Waals surface area contributed by atoms with Gasteiger partial charge in [0.05, 0.1) is 11.4 Å². The lowest BCUT2D eigenvalue weighted by Crippen LogP contribution is -2.27. The molecule has 1 saturated heterocycles. The summed E-state index contributed by atoms with van der Waals surface area (Å²) in [4.78, 5) is 27.4. The molecule has 0 unspecified atom stereocenters. The van der Waals surface area contributed by atoms with Crippen LogP contribution in [0, 0.1) is 0 Å². The number of hydrogen-bond donors (Lipinski definition) is 1. The molecule has 2 heterocycles. The maximum absolute atomic E-state index is 13.0. The molecule has 0 radical (unpaired) electrons. The summed E-state index contributed by atoms with van der Waals surface area (Å²) < 4.78 is 1.90. The molecule has 2 amide bonds. The molecular weight excluding hydrogens is 408 g/mol. The second-order valence-corrected chi connectivity index (χ2v) is 8.22. The van der Waals surface area contributed by atoms with Gasteiger partial charge in [0.15, 0.2) is 0 Å². The van der Waals surface area contributed by atoms with Gasteiger partial charge >= 0.3 is 0 Å². The lowest BCUT2D eigenvalue weighted by Gasteiger charge is -2.14. The average Bonchev–Trinajstić information content (AvgIpc) is 3.34. The molecule has 0 atom stereocenters. The van der Waals surface area contributed by atoms with Gasteiger partial charge in [-0.05, 0) is 70.6 Å². The molecule has 0 aliphatic carbocycles. The predicted molar refractivity (Wildman–Crippen MR) is 123 cm³/mol. The molecule has 1 aliphatic heterocycles. The zero-order valence-corrected chi connectivity index (χ0v) is 17.3. The van der Waals surface area contributed by atoms with Crippen molar-refractivity contribution >= 4 is 39.8 Å². The molecule has 0 saturated carbocycles. The number of fused-ring (bicyclic) bond motifs is 1. The van der Waals surface area contributed by atoms with E-state index in [1.54, 1.807) is 30.3 Å². The number of aromatic nitrogens is 1. The van der Waals surface area contributed by atoms with Crippen molar-refractivity contribution < 1.29 is 14.7 Å². The smallest absolute Gasteiger partial charge is 0.293 e. The summed E-state index contributed by atoms with van der Waals surface area (Å²) in [6.07, 6.45) is 3.61. The number of imide groups is 1. The molecule has 1 aromatic heterocycles. The first-order valence-electron chi connectivity index (χ1n) is 9.79. The Balaban J connectivity index is 1.44. The Morgan fingerprint density at radius 1 is 0.871 bits per heavy atom. The predicted octanol–water partition coefficient (Wildman–Crippen LogP) is 5.57. The maximum atomic E-state index is 13.0. The monoisotopic (exact) mass is 426 g/mol. The number of phenols is 1. The van der Waals surface area contributed by atoms with E-state index in [1.165, 1.54) is 4.90 Å². The average molecular weight is 426 g/mol. The van der Waals surface area contributed by atoms with Gasteiger partial charge in [0.1, 0.15) is 5.75 Å². The lowest BCUT2D eigenvalue weighted by molar-refractivity contribution is -0.123. The molecular formula is C25H18N2O3S. The van der Waals surface area contributed by atoms with Crippen LogP contribution in [-0.2, 0) is 11.3 Å². The summed E-state index contributed by atoms with van der Waals surface area (Å²) in [6, 6.07) is 24.4. The van der Waals surface area contributed by atoms with Gasteiger partial charge < -0.3 is 9.67 Å². The number of amides is 2. The highest BCUT2D eigenvalue weighted by Crippen LogP contribution is 2.34. The largest absolute Gasteiger partial charge is 0.508 e. The van der Waals surface area contributed by atoms with Crippen LogP contribution in [0.25, 0.3) is 22.5 Å². The van der Waals surface area contributed by atoms with E-state index < -0.39 is 0 Å². The van der Waals surface area contributed by atoms with Crippen LogP contribution < -0.4 is 0 Å². The molecule has 3 aromatic carbocycles. The Kier molecular flexibility index (Phi) is 4.84. The molecule has 1 aliphatic rings. The molecule has 1 N–H and O–H groups in total. The Morgan fingerprint density at radius 2 is 1.65 bits per heavy atom. The number of phenolic OH excluding ortho intramolecular Hbond substituents is 1.